The van der Waals surface area contributed by atoms with E-state index in [-0.39, 0.29) is 21.1 Å². The van der Waals surface area contributed by atoms with E-state index in [0.29, 0.717) is 5.57 Å². The zero-order valence-corrected chi connectivity index (χ0v) is 8.49. The van der Waals surface area contributed by atoms with Gasteiger partial charge in [-0.2, -0.15) is 8.42 Å². The van der Waals surface area contributed by atoms with Crippen LogP contribution in [-0.4, -0.2) is 13.0 Å². The Morgan fingerprint density at radius 3 is 2.00 bits per heavy atom. The van der Waals surface area contributed by atoms with Crippen molar-refractivity contribution in [3.8, 4) is 0 Å². The molecule has 0 saturated heterocycles. The summed E-state index contributed by atoms with van der Waals surface area (Å²) in [6.07, 6.45) is 1.96. The molecule has 10 heavy (non-hydrogen) atoms. The fourth-order valence-electron chi connectivity index (χ4n) is 0.136. The van der Waals surface area contributed by atoms with E-state index >= 15 is 0 Å². The van der Waals surface area contributed by atoms with Crippen LogP contribution in [0.1, 0.15) is 13.8 Å². The molecule has 64 valence electrons. The third-order valence-corrected chi connectivity index (χ3v) is 0.645. The Hall–Kier alpha value is 0.138. The monoisotopic (exact) mass is 346 g/mol. The summed E-state index contributed by atoms with van der Waals surface area (Å²) in [7, 11) is -4.35. The molecule has 1 N–H and O–H groups in total. The van der Waals surface area contributed by atoms with Crippen LogP contribution in [0.4, 0.5) is 0 Å². The first-order valence-electron chi connectivity index (χ1n) is 2.14. The van der Waals surface area contributed by atoms with Gasteiger partial charge >= 0.3 is 10.4 Å². The molecule has 6 heteroatoms. The van der Waals surface area contributed by atoms with Gasteiger partial charge in [0.2, 0.25) is 0 Å². The Kier molecular flexibility index (Phi) is 6.24. The molecule has 0 heterocycles. The van der Waals surface area contributed by atoms with Gasteiger partial charge in [0.15, 0.2) is 0 Å². The maximum absolute atomic E-state index is 9.79. The minimum atomic E-state index is -4.35. The van der Waals surface area contributed by atoms with Gasteiger partial charge in [0, 0.05) is 21.1 Å². The molecule has 0 aliphatic carbocycles. The SMILES string of the molecule is CC(C)=[C-]OS(=O)(=O)O.[Pt]. The summed E-state index contributed by atoms with van der Waals surface area (Å²) in [4.78, 5) is 0. The van der Waals surface area contributed by atoms with Crippen LogP contribution in [0.3, 0.4) is 0 Å². The van der Waals surface area contributed by atoms with Crippen LogP contribution in [-0.2, 0) is 35.6 Å². The second-order valence-electron chi connectivity index (χ2n) is 1.61. The van der Waals surface area contributed by atoms with Crippen LogP contribution >= 0.6 is 0 Å². The topological polar surface area (TPSA) is 63.6 Å². The number of rotatable bonds is 2. The average Bonchev–Trinajstić information content (AvgIpc) is 1.59. The summed E-state index contributed by atoms with van der Waals surface area (Å²) in [6.45, 7) is 3.18. The van der Waals surface area contributed by atoms with Gasteiger partial charge in [0.25, 0.3) is 0 Å². The maximum Gasteiger partial charge on any atom is 0.412 e. The fraction of sp³-hybridized carbons (Fsp3) is 0.500. The van der Waals surface area contributed by atoms with Crippen LogP contribution in [0.15, 0.2) is 5.57 Å². The minimum absolute atomic E-state index is 0. The number of hydrogen-bond donors (Lipinski definition) is 1. The van der Waals surface area contributed by atoms with E-state index in [1.54, 1.807) is 13.8 Å². The summed E-state index contributed by atoms with van der Waals surface area (Å²) < 4.78 is 31.3. The fourth-order valence-corrected chi connectivity index (χ4v) is 0.408. The predicted octanol–water partition coefficient (Wildman–Crippen LogP) is 0.530. The van der Waals surface area contributed by atoms with Crippen molar-refractivity contribution >= 4 is 10.4 Å². The quantitative estimate of drug-likeness (QED) is 0.450. The second-order valence-corrected chi connectivity index (χ2v) is 2.64. The van der Waals surface area contributed by atoms with E-state index in [4.69, 9.17) is 4.55 Å². The first kappa shape index (κ1) is 12.8. The Morgan fingerprint density at radius 1 is 1.50 bits per heavy atom. The van der Waals surface area contributed by atoms with Crippen molar-refractivity contribution in [3.05, 3.63) is 11.8 Å². The van der Waals surface area contributed by atoms with Gasteiger partial charge < -0.3 is 4.18 Å². The second kappa shape index (κ2) is 4.88. The van der Waals surface area contributed by atoms with Crippen molar-refractivity contribution in [1.29, 1.82) is 0 Å². The van der Waals surface area contributed by atoms with Gasteiger partial charge in [-0.15, -0.1) is 0 Å². The van der Waals surface area contributed by atoms with Crippen molar-refractivity contribution < 1.29 is 38.2 Å². The smallest absolute Gasteiger partial charge is 0.412 e. The molecule has 0 aliphatic heterocycles. The van der Waals surface area contributed by atoms with Gasteiger partial charge in [-0.1, -0.05) is 13.8 Å². The van der Waals surface area contributed by atoms with Crippen LogP contribution < -0.4 is 0 Å². The molecule has 0 atom stereocenters. The first-order chi connectivity index (χ1) is 3.92. The van der Waals surface area contributed by atoms with Crippen LogP contribution in [0.5, 0.6) is 0 Å². The third kappa shape index (κ3) is 11.0. The molecule has 0 aromatic heterocycles. The summed E-state index contributed by atoms with van der Waals surface area (Å²) in [6, 6.07) is 0. The Labute approximate surface area is 74.5 Å². The summed E-state index contributed by atoms with van der Waals surface area (Å²) >= 11 is 0. The molecule has 0 spiro atoms. The van der Waals surface area contributed by atoms with Crippen LogP contribution in [0.25, 0.3) is 0 Å². The van der Waals surface area contributed by atoms with Crippen molar-refractivity contribution in [3.63, 3.8) is 0 Å². The van der Waals surface area contributed by atoms with Gasteiger partial charge in [-0.05, 0) is 0 Å². The van der Waals surface area contributed by atoms with Gasteiger partial charge in [0.05, 0.1) is 0 Å². The Bertz CT molecular complexity index is 201. The van der Waals surface area contributed by atoms with E-state index in [9.17, 15) is 8.42 Å². The largest absolute Gasteiger partial charge is 0.572 e. The normalized spacial score (nSPS) is 9.50. The molecule has 0 radical (unpaired) electrons. The molecule has 0 fully saturated rings. The van der Waals surface area contributed by atoms with Crippen molar-refractivity contribution in [2.45, 2.75) is 13.8 Å². The van der Waals surface area contributed by atoms with E-state index < -0.39 is 10.4 Å². The molecule has 0 aliphatic rings. The number of allylic oxidation sites excluding steroid dienone is 1. The van der Waals surface area contributed by atoms with Gasteiger partial charge in [-0.3, -0.25) is 10.8 Å². The van der Waals surface area contributed by atoms with Crippen LogP contribution in [0, 0.1) is 6.26 Å². The molecular formula is C4H7O4PtS-. The van der Waals surface area contributed by atoms with Crippen molar-refractivity contribution in [2.24, 2.45) is 0 Å². The molecule has 0 rings (SSSR count). The average molecular weight is 346 g/mol. The molecule has 0 bridgehead atoms. The maximum atomic E-state index is 9.79. The third-order valence-electron chi connectivity index (χ3n) is 0.351. The summed E-state index contributed by atoms with van der Waals surface area (Å²) in [5, 5.41) is 0. The van der Waals surface area contributed by atoms with E-state index in [0.717, 1.165) is 0 Å². The zero-order chi connectivity index (χ0) is 7.49. The Morgan fingerprint density at radius 2 is 1.90 bits per heavy atom. The molecule has 0 unspecified atom stereocenters. The van der Waals surface area contributed by atoms with E-state index in [1.807, 2.05) is 6.26 Å². The molecule has 0 saturated carbocycles. The molecule has 0 aromatic carbocycles. The van der Waals surface area contributed by atoms with E-state index in [2.05, 4.69) is 4.18 Å². The summed E-state index contributed by atoms with van der Waals surface area (Å²) in [5.41, 5.74) is 0.535. The minimum Gasteiger partial charge on any atom is -0.572 e. The first-order valence-corrected chi connectivity index (χ1v) is 3.50. The molecule has 0 amide bonds. The molecule has 4 nitrogen and oxygen atoms in total. The van der Waals surface area contributed by atoms with Crippen LogP contribution in [0.2, 0.25) is 0 Å². The van der Waals surface area contributed by atoms with Gasteiger partial charge in [0.1, 0.15) is 0 Å². The molecule has 0 aromatic rings. The van der Waals surface area contributed by atoms with Crippen molar-refractivity contribution in [1.82, 2.24) is 0 Å². The van der Waals surface area contributed by atoms with Crippen molar-refractivity contribution in [2.75, 3.05) is 0 Å². The zero-order valence-electron chi connectivity index (χ0n) is 5.40. The number of hydrogen-bond acceptors (Lipinski definition) is 3. The predicted molar refractivity (Wildman–Crippen MR) is 30.7 cm³/mol. The van der Waals surface area contributed by atoms with Gasteiger partial charge in [-0.25, -0.2) is 5.57 Å². The standard InChI is InChI=1S/C4H7O4S.Pt/c1-4(2)3-8-9(5,6)7;/h1-2H3,(H,5,6,7);/q-1;. The Balaban J connectivity index is 0. The van der Waals surface area contributed by atoms with E-state index in [1.165, 1.54) is 0 Å². The summed E-state index contributed by atoms with van der Waals surface area (Å²) in [5.74, 6) is 0. The molecular weight excluding hydrogens is 339 g/mol.